The minimum atomic E-state index is -0.0232. The van der Waals surface area contributed by atoms with Gasteiger partial charge in [0.25, 0.3) is 5.56 Å². The van der Waals surface area contributed by atoms with Crippen molar-refractivity contribution in [2.45, 2.75) is 13.5 Å². The Morgan fingerprint density at radius 1 is 0.885 bits per heavy atom. The van der Waals surface area contributed by atoms with E-state index in [1.807, 2.05) is 6.92 Å². The van der Waals surface area contributed by atoms with Crippen molar-refractivity contribution in [1.82, 2.24) is 14.7 Å². The zero-order valence-corrected chi connectivity index (χ0v) is 15.1. The van der Waals surface area contributed by atoms with E-state index < -0.39 is 0 Å². The normalized spacial score (nSPS) is 15.5. The van der Waals surface area contributed by atoms with Crippen molar-refractivity contribution < 1.29 is 0 Å². The molecule has 0 radical (unpaired) electrons. The van der Waals surface area contributed by atoms with Crippen LogP contribution in [-0.4, -0.2) is 47.4 Å². The van der Waals surface area contributed by atoms with Crippen molar-refractivity contribution in [3.63, 3.8) is 0 Å². The fourth-order valence-corrected chi connectivity index (χ4v) is 3.64. The molecular formula is C21H24N4O. The lowest BCUT2D eigenvalue weighted by Crippen LogP contribution is -2.47. The van der Waals surface area contributed by atoms with Crippen LogP contribution in [-0.2, 0) is 6.54 Å². The molecule has 1 aliphatic rings. The van der Waals surface area contributed by atoms with Gasteiger partial charge in [-0.15, -0.1) is 0 Å². The van der Waals surface area contributed by atoms with Crippen LogP contribution in [0.15, 0.2) is 59.4 Å². The van der Waals surface area contributed by atoms with Crippen LogP contribution in [0.4, 0.5) is 5.69 Å². The Morgan fingerprint density at radius 3 is 2.50 bits per heavy atom. The highest BCUT2D eigenvalue weighted by atomic mass is 16.1. The van der Waals surface area contributed by atoms with Gasteiger partial charge in [0.2, 0.25) is 0 Å². The molecule has 0 amide bonds. The molecule has 4 rings (SSSR count). The molecule has 1 fully saturated rings. The summed E-state index contributed by atoms with van der Waals surface area (Å²) in [4.78, 5) is 16.8. The number of aryl methyl sites for hydroxylation is 1. The molecule has 3 aromatic rings. The molecule has 0 spiro atoms. The van der Waals surface area contributed by atoms with Gasteiger partial charge in [0.1, 0.15) is 0 Å². The molecule has 134 valence electrons. The smallest absolute Gasteiger partial charge is 0.266 e. The van der Waals surface area contributed by atoms with E-state index in [1.165, 1.54) is 16.5 Å². The van der Waals surface area contributed by atoms with Crippen LogP contribution in [0, 0.1) is 6.92 Å². The van der Waals surface area contributed by atoms with Gasteiger partial charge in [0.15, 0.2) is 0 Å². The maximum atomic E-state index is 11.9. The first kappa shape index (κ1) is 16.8. The van der Waals surface area contributed by atoms with Gasteiger partial charge in [-0.05, 0) is 24.4 Å². The minimum Gasteiger partial charge on any atom is -0.368 e. The average Bonchev–Trinajstić information content (AvgIpc) is 2.69. The van der Waals surface area contributed by atoms with Crippen molar-refractivity contribution in [2.24, 2.45) is 0 Å². The van der Waals surface area contributed by atoms with Crippen molar-refractivity contribution in [2.75, 3.05) is 37.6 Å². The zero-order chi connectivity index (χ0) is 17.9. The van der Waals surface area contributed by atoms with Crippen LogP contribution in [0.2, 0.25) is 0 Å². The Kier molecular flexibility index (Phi) is 4.71. The zero-order valence-electron chi connectivity index (χ0n) is 15.1. The predicted molar refractivity (Wildman–Crippen MR) is 106 cm³/mol. The first-order valence-corrected chi connectivity index (χ1v) is 9.20. The topological polar surface area (TPSA) is 41.4 Å². The van der Waals surface area contributed by atoms with Gasteiger partial charge in [0.05, 0.1) is 12.2 Å². The summed E-state index contributed by atoms with van der Waals surface area (Å²) in [5.74, 6) is 0. The fourth-order valence-electron chi connectivity index (χ4n) is 3.64. The molecule has 0 saturated carbocycles. The number of fused-ring (bicyclic) bond motifs is 1. The third kappa shape index (κ3) is 3.48. The summed E-state index contributed by atoms with van der Waals surface area (Å²) < 4.78 is 1.58. The molecule has 2 aromatic carbocycles. The molecule has 0 atom stereocenters. The van der Waals surface area contributed by atoms with Crippen molar-refractivity contribution in [1.29, 1.82) is 0 Å². The highest BCUT2D eigenvalue weighted by molar-refractivity contribution is 5.94. The number of rotatable bonds is 4. The number of piperazine rings is 1. The molecule has 5 nitrogen and oxygen atoms in total. The second kappa shape index (κ2) is 7.30. The Balaban J connectivity index is 1.39. The Hall–Kier alpha value is -2.66. The number of hydrogen-bond donors (Lipinski definition) is 0. The lowest BCUT2D eigenvalue weighted by Gasteiger charge is -2.36. The van der Waals surface area contributed by atoms with Crippen LogP contribution >= 0.6 is 0 Å². The van der Waals surface area contributed by atoms with Gasteiger partial charge in [-0.25, -0.2) is 4.68 Å². The van der Waals surface area contributed by atoms with Gasteiger partial charge >= 0.3 is 0 Å². The number of nitrogens with zero attached hydrogens (tertiary/aromatic N) is 4. The van der Waals surface area contributed by atoms with Crippen molar-refractivity contribution >= 4 is 16.5 Å². The molecule has 1 aromatic heterocycles. The molecule has 5 heteroatoms. The van der Waals surface area contributed by atoms with Gasteiger partial charge in [0, 0.05) is 49.9 Å². The summed E-state index contributed by atoms with van der Waals surface area (Å²) >= 11 is 0. The average molecular weight is 348 g/mol. The largest absolute Gasteiger partial charge is 0.368 e. The van der Waals surface area contributed by atoms with E-state index in [4.69, 9.17) is 0 Å². The second-order valence-corrected chi connectivity index (χ2v) is 6.86. The standard InChI is InChI=1S/C21H24N4O/c1-17-9-10-21(26)25(22-17)16-13-23-11-14-24(15-12-23)20-8-4-6-18-5-2-3-7-19(18)20/h2-10H,11-16H2,1H3. The minimum absolute atomic E-state index is 0.0232. The third-order valence-electron chi connectivity index (χ3n) is 5.11. The quantitative estimate of drug-likeness (QED) is 0.727. The van der Waals surface area contributed by atoms with Crippen molar-refractivity contribution in [3.8, 4) is 0 Å². The number of benzene rings is 2. The fraction of sp³-hybridized carbons (Fsp3) is 0.333. The molecule has 0 aliphatic carbocycles. The van der Waals surface area contributed by atoms with Gasteiger partial charge in [-0.3, -0.25) is 9.69 Å². The van der Waals surface area contributed by atoms with Crippen LogP contribution in [0.3, 0.4) is 0 Å². The summed E-state index contributed by atoms with van der Waals surface area (Å²) in [5, 5.41) is 6.93. The molecule has 26 heavy (non-hydrogen) atoms. The van der Waals surface area contributed by atoms with Crippen LogP contribution in [0.25, 0.3) is 10.8 Å². The van der Waals surface area contributed by atoms with Crippen LogP contribution < -0.4 is 10.5 Å². The van der Waals surface area contributed by atoms with E-state index in [-0.39, 0.29) is 5.56 Å². The van der Waals surface area contributed by atoms with E-state index in [2.05, 4.69) is 57.4 Å². The summed E-state index contributed by atoms with van der Waals surface area (Å²) in [6.07, 6.45) is 0. The van der Waals surface area contributed by atoms with E-state index in [0.717, 1.165) is 38.4 Å². The number of hydrogen-bond acceptors (Lipinski definition) is 4. The number of aromatic nitrogens is 2. The lowest BCUT2D eigenvalue weighted by atomic mass is 10.1. The Bertz CT molecular complexity index is 952. The first-order valence-electron chi connectivity index (χ1n) is 9.20. The monoisotopic (exact) mass is 348 g/mol. The van der Waals surface area contributed by atoms with E-state index in [0.29, 0.717) is 6.54 Å². The Morgan fingerprint density at radius 2 is 1.65 bits per heavy atom. The molecule has 2 heterocycles. The van der Waals surface area contributed by atoms with E-state index >= 15 is 0 Å². The summed E-state index contributed by atoms with van der Waals surface area (Å²) in [6.45, 7) is 7.44. The number of anilines is 1. The van der Waals surface area contributed by atoms with Gasteiger partial charge in [-0.1, -0.05) is 36.4 Å². The summed E-state index contributed by atoms with van der Waals surface area (Å²) in [6, 6.07) is 18.5. The third-order valence-corrected chi connectivity index (χ3v) is 5.11. The maximum Gasteiger partial charge on any atom is 0.266 e. The molecule has 0 unspecified atom stereocenters. The maximum absolute atomic E-state index is 11.9. The molecule has 1 saturated heterocycles. The molecule has 0 N–H and O–H groups in total. The van der Waals surface area contributed by atoms with Gasteiger partial charge < -0.3 is 4.90 Å². The molecule has 1 aliphatic heterocycles. The van der Waals surface area contributed by atoms with Crippen LogP contribution in [0.5, 0.6) is 0 Å². The Labute approximate surface area is 153 Å². The van der Waals surface area contributed by atoms with E-state index in [1.54, 1.807) is 16.8 Å². The highest BCUT2D eigenvalue weighted by Crippen LogP contribution is 2.27. The van der Waals surface area contributed by atoms with Crippen molar-refractivity contribution in [3.05, 3.63) is 70.6 Å². The molecule has 0 bridgehead atoms. The predicted octanol–water partition coefficient (Wildman–Crippen LogP) is 2.53. The summed E-state index contributed by atoms with van der Waals surface area (Å²) in [7, 11) is 0. The highest BCUT2D eigenvalue weighted by Gasteiger charge is 2.18. The summed E-state index contributed by atoms with van der Waals surface area (Å²) in [5.41, 5.74) is 2.18. The first-order chi connectivity index (χ1) is 12.7. The van der Waals surface area contributed by atoms with E-state index in [9.17, 15) is 4.79 Å². The molecular weight excluding hydrogens is 324 g/mol. The SMILES string of the molecule is Cc1ccc(=O)n(CCN2CCN(c3cccc4ccccc34)CC2)n1. The van der Waals surface area contributed by atoms with Crippen LogP contribution in [0.1, 0.15) is 5.69 Å². The van der Waals surface area contributed by atoms with Gasteiger partial charge in [-0.2, -0.15) is 5.10 Å². The second-order valence-electron chi connectivity index (χ2n) is 6.86. The lowest BCUT2D eigenvalue weighted by molar-refractivity contribution is 0.242.